The number of hydrogen-bond donors (Lipinski definition) is 1. The van der Waals surface area contributed by atoms with Crippen LogP contribution in [0.2, 0.25) is 0 Å². The van der Waals surface area contributed by atoms with Crippen molar-refractivity contribution in [3.8, 4) is 5.75 Å². The number of methoxy groups -OCH3 is 1. The van der Waals surface area contributed by atoms with Gasteiger partial charge in [-0.25, -0.2) is 4.90 Å². The predicted molar refractivity (Wildman–Crippen MR) is 133 cm³/mol. The fraction of sp³-hybridized carbons (Fsp3) is 0.148. The second-order valence-corrected chi connectivity index (χ2v) is 8.66. The van der Waals surface area contributed by atoms with Gasteiger partial charge in [-0.15, -0.1) is 0 Å². The van der Waals surface area contributed by atoms with Crippen molar-refractivity contribution in [2.24, 2.45) is 0 Å². The highest BCUT2D eigenvalue weighted by atomic mass is 35.5. The molecule has 3 aromatic carbocycles. The first-order valence-electron chi connectivity index (χ1n) is 11.1. The van der Waals surface area contributed by atoms with Crippen molar-refractivity contribution in [3.05, 3.63) is 100 Å². The summed E-state index contributed by atoms with van der Waals surface area (Å²) in [4.78, 5) is 41.8. The Labute approximate surface area is 207 Å². The molecule has 2 heterocycles. The molecule has 176 valence electrons. The standard InChI is InChI=1S/C27H22ClN3O4/c1-35-22-11-9-21(10-12-22)31-26(33)23(28)24(27(31)34)29-20-8-4-7-18(15-20)25(32)30-14-13-17-5-2-3-6-19(17)16-30/h2-12,15,29H,13-14,16H2,1H3. The quantitative estimate of drug-likeness (QED) is 0.542. The van der Waals surface area contributed by atoms with Crippen LogP contribution in [0.5, 0.6) is 5.75 Å². The summed E-state index contributed by atoms with van der Waals surface area (Å²) in [6, 6.07) is 21.5. The Morgan fingerprint density at radius 1 is 0.943 bits per heavy atom. The van der Waals surface area contributed by atoms with Crippen LogP contribution in [0.15, 0.2) is 83.5 Å². The number of nitrogens with one attached hydrogen (secondary N) is 1. The minimum atomic E-state index is -0.622. The first-order chi connectivity index (χ1) is 17.0. The van der Waals surface area contributed by atoms with Gasteiger partial charge in [-0.2, -0.15) is 0 Å². The molecular weight excluding hydrogens is 466 g/mol. The summed E-state index contributed by atoms with van der Waals surface area (Å²) < 4.78 is 5.13. The molecular formula is C27H22ClN3O4. The molecule has 1 N–H and O–H groups in total. The number of hydrogen-bond acceptors (Lipinski definition) is 5. The van der Waals surface area contributed by atoms with E-state index in [-0.39, 0.29) is 16.6 Å². The maximum Gasteiger partial charge on any atom is 0.283 e. The van der Waals surface area contributed by atoms with Crippen LogP contribution in [0.1, 0.15) is 21.5 Å². The second kappa shape index (κ2) is 9.27. The summed E-state index contributed by atoms with van der Waals surface area (Å²) in [6.07, 6.45) is 0.806. The van der Waals surface area contributed by atoms with E-state index in [9.17, 15) is 14.4 Å². The lowest BCUT2D eigenvalue weighted by molar-refractivity contribution is -0.120. The van der Waals surface area contributed by atoms with Gasteiger partial charge in [0.15, 0.2) is 0 Å². The molecule has 0 aliphatic carbocycles. The Bertz CT molecular complexity index is 1370. The van der Waals surface area contributed by atoms with Crippen molar-refractivity contribution in [2.45, 2.75) is 13.0 Å². The van der Waals surface area contributed by atoms with Gasteiger partial charge in [0.05, 0.1) is 12.8 Å². The molecule has 3 aromatic rings. The molecule has 2 aliphatic rings. The fourth-order valence-electron chi connectivity index (χ4n) is 4.30. The summed E-state index contributed by atoms with van der Waals surface area (Å²) >= 11 is 6.25. The van der Waals surface area contributed by atoms with Crippen molar-refractivity contribution in [2.75, 3.05) is 23.9 Å². The molecule has 7 nitrogen and oxygen atoms in total. The average Bonchev–Trinajstić information content (AvgIpc) is 3.11. The third kappa shape index (κ3) is 4.26. The molecule has 0 bridgehead atoms. The Morgan fingerprint density at radius 2 is 1.69 bits per heavy atom. The van der Waals surface area contributed by atoms with Crippen molar-refractivity contribution < 1.29 is 19.1 Å². The van der Waals surface area contributed by atoms with Gasteiger partial charge < -0.3 is 15.0 Å². The highest BCUT2D eigenvalue weighted by molar-refractivity contribution is 6.53. The molecule has 0 saturated carbocycles. The molecule has 0 fully saturated rings. The molecule has 8 heteroatoms. The maximum atomic E-state index is 13.2. The smallest absolute Gasteiger partial charge is 0.283 e. The zero-order valence-corrected chi connectivity index (χ0v) is 19.7. The van der Waals surface area contributed by atoms with E-state index in [1.807, 2.05) is 23.1 Å². The van der Waals surface area contributed by atoms with E-state index in [1.54, 1.807) is 48.5 Å². The van der Waals surface area contributed by atoms with Crippen molar-refractivity contribution >= 4 is 40.7 Å². The molecule has 35 heavy (non-hydrogen) atoms. The molecule has 0 aromatic heterocycles. The Hall–Kier alpha value is -4.10. The van der Waals surface area contributed by atoms with Gasteiger partial charge in [-0.3, -0.25) is 14.4 Å². The van der Waals surface area contributed by atoms with E-state index < -0.39 is 11.8 Å². The minimum absolute atomic E-state index is 0.0380. The lowest BCUT2D eigenvalue weighted by Crippen LogP contribution is -2.36. The van der Waals surface area contributed by atoms with E-state index in [0.717, 1.165) is 16.9 Å². The lowest BCUT2D eigenvalue weighted by Gasteiger charge is -2.29. The van der Waals surface area contributed by atoms with Crippen LogP contribution in [0.3, 0.4) is 0 Å². The van der Waals surface area contributed by atoms with E-state index in [0.29, 0.717) is 35.8 Å². The number of nitrogens with zero attached hydrogens (tertiary/aromatic N) is 2. The maximum absolute atomic E-state index is 13.2. The van der Waals surface area contributed by atoms with Gasteiger partial charge in [0.1, 0.15) is 16.5 Å². The molecule has 0 radical (unpaired) electrons. The number of rotatable bonds is 5. The first-order valence-corrected chi connectivity index (χ1v) is 11.5. The highest BCUT2D eigenvalue weighted by Crippen LogP contribution is 2.31. The third-order valence-corrected chi connectivity index (χ3v) is 6.51. The van der Waals surface area contributed by atoms with Crippen LogP contribution in [0.25, 0.3) is 0 Å². The molecule has 0 saturated heterocycles. The van der Waals surface area contributed by atoms with Gasteiger partial charge in [-0.1, -0.05) is 41.9 Å². The normalized spacial score (nSPS) is 15.4. The summed E-state index contributed by atoms with van der Waals surface area (Å²) in [7, 11) is 1.53. The number of carbonyl (C=O) groups is 3. The third-order valence-electron chi connectivity index (χ3n) is 6.15. The van der Waals surface area contributed by atoms with Gasteiger partial charge in [-0.05, 0) is 60.0 Å². The number of halogens is 1. The highest BCUT2D eigenvalue weighted by Gasteiger charge is 2.39. The Balaban J connectivity index is 1.34. The van der Waals surface area contributed by atoms with Crippen molar-refractivity contribution in [3.63, 3.8) is 0 Å². The largest absolute Gasteiger partial charge is 0.497 e. The molecule has 0 spiro atoms. The Morgan fingerprint density at radius 3 is 2.43 bits per heavy atom. The first kappa shape index (κ1) is 22.7. The zero-order chi connectivity index (χ0) is 24.5. The van der Waals surface area contributed by atoms with Gasteiger partial charge in [0, 0.05) is 24.3 Å². The zero-order valence-electron chi connectivity index (χ0n) is 19.0. The summed E-state index contributed by atoms with van der Waals surface area (Å²) in [5.41, 5.74) is 3.72. The van der Waals surface area contributed by atoms with Crippen LogP contribution in [-0.4, -0.2) is 36.3 Å². The van der Waals surface area contributed by atoms with E-state index in [4.69, 9.17) is 16.3 Å². The number of carbonyl (C=O) groups excluding carboxylic acids is 3. The van der Waals surface area contributed by atoms with Crippen molar-refractivity contribution in [1.29, 1.82) is 0 Å². The summed E-state index contributed by atoms with van der Waals surface area (Å²) in [5, 5.41) is 2.73. The second-order valence-electron chi connectivity index (χ2n) is 8.28. The molecule has 3 amide bonds. The number of benzene rings is 3. The number of anilines is 2. The number of imide groups is 1. The lowest BCUT2D eigenvalue weighted by atomic mass is 9.99. The monoisotopic (exact) mass is 487 g/mol. The molecule has 2 aliphatic heterocycles. The Kier molecular flexibility index (Phi) is 6.01. The van der Waals surface area contributed by atoms with Gasteiger partial charge in [0.2, 0.25) is 0 Å². The van der Waals surface area contributed by atoms with Gasteiger partial charge >= 0.3 is 0 Å². The van der Waals surface area contributed by atoms with Crippen LogP contribution < -0.4 is 15.0 Å². The van der Waals surface area contributed by atoms with E-state index >= 15 is 0 Å². The molecule has 0 atom stereocenters. The van der Waals surface area contributed by atoms with Crippen LogP contribution in [-0.2, 0) is 22.6 Å². The summed E-state index contributed by atoms with van der Waals surface area (Å²) in [6.45, 7) is 1.18. The topological polar surface area (TPSA) is 79.0 Å². The SMILES string of the molecule is COc1ccc(N2C(=O)C(Cl)=C(Nc3cccc(C(=O)N4CCc5ccccc5C4)c3)C2=O)cc1. The van der Waals surface area contributed by atoms with Crippen LogP contribution in [0.4, 0.5) is 11.4 Å². The van der Waals surface area contributed by atoms with Crippen LogP contribution >= 0.6 is 11.6 Å². The average molecular weight is 488 g/mol. The molecule has 5 rings (SSSR count). The van der Waals surface area contributed by atoms with Crippen LogP contribution in [0, 0.1) is 0 Å². The number of fused-ring (bicyclic) bond motifs is 1. The predicted octanol–water partition coefficient (Wildman–Crippen LogP) is 4.33. The fourth-order valence-corrected chi connectivity index (χ4v) is 4.52. The number of amides is 3. The summed E-state index contributed by atoms with van der Waals surface area (Å²) in [5.74, 6) is -0.695. The van der Waals surface area contributed by atoms with E-state index in [2.05, 4.69) is 11.4 Å². The van der Waals surface area contributed by atoms with Gasteiger partial charge in [0.25, 0.3) is 17.7 Å². The minimum Gasteiger partial charge on any atom is -0.497 e. The number of ether oxygens (including phenoxy) is 1. The molecule has 0 unspecified atom stereocenters. The van der Waals surface area contributed by atoms with Crippen molar-refractivity contribution in [1.82, 2.24) is 4.90 Å². The van der Waals surface area contributed by atoms with E-state index in [1.165, 1.54) is 12.7 Å².